The number of nitrogens with one attached hydrogen (secondary N) is 2. The molecule has 2 aromatic rings. The minimum absolute atomic E-state index is 0.0112. The minimum Gasteiger partial charge on any atom is -0.369 e. The lowest BCUT2D eigenvalue weighted by atomic mass is 10.2. The number of rotatable bonds is 9. The highest BCUT2D eigenvalue weighted by Crippen LogP contribution is 2.28. The highest BCUT2D eigenvalue weighted by atomic mass is 16.2. The number of hydrogen-bond acceptors (Lipinski definition) is 4. The van der Waals surface area contributed by atoms with Crippen LogP contribution in [0.2, 0.25) is 0 Å². The molecule has 1 saturated carbocycles. The van der Waals surface area contributed by atoms with Crippen molar-refractivity contribution in [2.24, 2.45) is 5.92 Å². The molecule has 0 aromatic heterocycles. The van der Waals surface area contributed by atoms with Crippen LogP contribution >= 0.6 is 0 Å². The van der Waals surface area contributed by atoms with E-state index in [0.717, 1.165) is 51.3 Å². The van der Waals surface area contributed by atoms with Crippen LogP contribution in [0.5, 0.6) is 0 Å². The molecule has 6 nitrogen and oxygen atoms in total. The van der Waals surface area contributed by atoms with Crippen LogP contribution in [0, 0.1) is 5.92 Å². The Labute approximate surface area is 184 Å². The maximum Gasteiger partial charge on any atom is 0.224 e. The van der Waals surface area contributed by atoms with Gasteiger partial charge in [-0.2, -0.15) is 0 Å². The molecule has 2 fully saturated rings. The number of amides is 2. The van der Waals surface area contributed by atoms with Gasteiger partial charge in [-0.15, -0.1) is 0 Å². The number of piperazine rings is 1. The predicted molar refractivity (Wildman–Crippen MR) is 124 cm³/mol. The highest BCUT2D eigenvalue weighted by Gasteiger charge is 2.29. The third-order valence-electron chi connectivity index (χ3n) is 5.97. The molecule has 4 rings (SSSR count). The largest absolute Gasteiger partial charge is 0.369 e. The summed E-state index contributed by atoms with van der Waals surface area (Å²) in [6.45, 7) is 5.67. The maximum absolute atomic E-state index is 12.1. The van der Waals surface area contributed by atoms with Gasteiger partial charge in [0.25, 0.3) is 0 Å². The molecule has 1 aliphatic carbocycles. The lowest BCUT2D eigenvalue weighted by Gasteiger charge is -2.36. The normalized spacial score (nSPS) is 16.7. The molecule has 164 valence electrons. The van der Waals surface area contributed by atoms with Crippen LogP contribution in [0.15, 0.2) is 54.6 Å². The van der Waals surface area contributed by atoms with Crippen molar-refractivity contribution in [3.05, 3.63) is 60.2 Å². The first-order valence-electron chi connectivity index (χ1n) is 11.4. The molecule has 1 saturated heterocycles. The van der Waals surface area contributed by atoms with Crippen molar-refractivity contribution < 1.29 is 9.59 Å². The second-order valence-corrected chi connectivity index (χ2v) is 8.51. The van der Waals surface area contributed by atoms with E-state index < -0.39 is 0 Å². The number of nitrogens with zero attached hydrogens (tertiary/aromatic N) is 2. The molecule has 2 N–H and O–H groups in total. The van der Waals surface area contributed by atoms with E-state index in [-0.39, 0.29) is 17.7 Å². The van der Waals surface area contributed by atoms with E-state index in [1.54, 1.807) is 0 Å². The van der Waals surface area contributed by atoms with E-state index in [9.17, 15) is 9.59 Å². The fourth-order valence-electron chi connectivity index (χ4n) is 3.94. The summed E-state index contributed by atoms with van der Waals surface area (Å²) in [5, 5.41) is 5.85. The van der Waals surface area contributed by atoms with Gasteiger partial charge in [0, 0.05) is 63.0 Å². The smallest absolute Gasteiger partial charge is 0.224 e. The van der Waals surface area contributed by atoms with E-state index in [2.05, 4.69) is 62.9 Å². The molecular weight excluding hydrogens is 388 g/mol. The molecule has 31 heavy (non-hydrogen) atoms. The van der Waals surface area contributed by atoms with E-state index in [1.165, 1.54) is 11.3 Å². The Balaban J connectivity index is 1.16. The van der Waals surface area contributed by atoms with E-state index in [1.807, 2.05) is 12.1 Å². The van der Waals surface area contributed by atoms with Gasteiger partial charge in [-0.1, -0.05) is 30.3 Å². The molecule has 2 aromatic carbocycles. The Morgan fingerprint density at radius 3 is 2.29 bits per heavy atom. The van der Waals surface area contributed by atoms with Crippen LogP contribution in [0.1, 0.15) is 31.2 Å². The lowest BCUT2D eigenvalue weighted by Crippen LogP contribution is -2.45. The van der Waals surface area contributed by atoms with Gasteiger partial charge in [-0.05, 0) is 49.1 Å². The molecular formula is C25H32N4O2. The topological polar surface area (TPSA) is 64.7 Å². The number of anilines is 2. The lowest BCUT2D eigenvalue weighted by molar-refractivity contribution is -0.122. The molecule has 0 spiro atoms. The molecule has 1 heterocycles. The maximum atomic E-state index is 12.1. The van der Waals surface area contributed by atoms with E-state index >= 15 is 0 Å². The molecule has 2 aliphatic rings. The van der Waals surface area contributed by atoms with E-state index in [4.69, 9.17) is 0 Å². The fourth-order valence-corrected chi connectivity index (χ4v) is 3.94. The van der Waals surface area contributed by atoms with Crippen molar-refractivity contribution in [3.63, 3.8) is 0 Å². The monoisotopic (exact) mass is 420 g/mol. The second kappa shape index (κ2) is 10.4. The Hall–Kier alpha value is -2.86. The van der Waals surface area contributed by atoms with Crippen LogP contribution in [-0.2, 0) is 16.1 Å². The van der Waals surface area contributed by atoms with Gasteiger partial charge >= 0.3 is 0 Å². The van der Waals surface area contributed by atoms with Crippen molar-refractivity contribution >= 4 is 23.2 Å². The first-order valence-corrected chi connectivity index (χ1v) is 11.4. The number of benzene rings is 2. The summed E-state index contributed by atoms with van der Waals surface area (Å²) in [5.74, 6) is 0.346. The Bertz CT molecular complexity index is 857. The van der Waals surface area contributed by atoms with Gasteiger partial charge in [0.1, 0.15) is 0 Å². The summed E-state index contributed by atoms with van der Waals surface area (Å²) in [6.07, 6.45) is 3.09. The van der Waals surface area contributed by atoms with Gasteiger partial charge in [0.05, 0.1) is 0 Å². The Morgan fingerprint density at radius 1 is 0.903 bits per heavy atom. The van der Waals surface area contributed by atoms with E-state index in [0.29, 0.717) is 19.4 Å². The average Bonchev–Trinajstić information content (AvgIpc) is 3.64. The second-order valence-electron chi connectivity index (χ2n) is 8.51. The first kappa shape index (κ1) is 21.4. The molecule has 0 unspecified atom stereocenters. The van der Waals surface area contributed by atoms with Crippen molar-refractivity contribution in [2.75, 3.05) is 42.9 Å². The van der Waals surface area contributed by atoms with Crippen molar-refractivity contribution in [2.45, 2.75) is 32.2 Å². The minimum atomic E-state index is -0.0112. The van der Waals surface area contributed by atoms with Crippen molar-refractivity contribution in [1.82, 2.24) is 10.2 Å². The zero-order chi connectivity index (χ0) is 21.5. The average molecular weight is 421 g/mol. The predicted octanol–water partition coefficient (Wildman–Crippen LogP) is 3.25. The molecule has 0 atom stereocenters. The quantitative estimate of drug-likeness (QED) is 0.611. The van der Waals surface area contributed by atoms with Crippen LogP contribution < -0.4 is 15.5 Å². The van der Waals surface area contributed by atoms with Gasteiger partial charge in [-0.3, -0.25) is 14.5 Å². The van der Waals surface area contributed by atoms with Crippen LogP contribution in [-0.4, -0.2) is 49.4 Å². The Morgan fingerprint density at radius 2 is 1.61 bits per heavy atom. The molecule has 6 heteroatoms. The Kier molecular flexibility index (Phi) is 7.20. The number of carbonyl (C=O) groups excluding carboxylic acids is 2. The first-order chi connectivity index (χ1) is 15.2. The summed E-state index contributed by atoms with van der Waals surface area (Å²) < 4.78 is 0. The summed E-state index contributed by atoms with van der Waals surface area (Å²) in [7, 11) is 0. The van der Waals surface area contributed by atoms with Crippen molar-refractivity contribution in [3.8, 4) is 0 Å². The molecule has 2 amide bonds. The zero-order valence-corrected chi connectivity index (χ0v) is 18.1. The molecule has 0 bridgehead atoms. The number of carbonyl (C=O) groups is 2. The van der Waals surface area contributed by atoms with Crippen molar-refractivity contribution in [1.29, 1.82) is 0 Å². The standard InChI is InChI=1S/C25H32N4O2/c30-24(7-4-14-26-25(31)21-8-9-21)27-22-10-12-23(13-11-22)29-17-15-28(16-18-29)19-20-5-2-1-3-6-20/h1-3,5-6,10-13,21H,4,7-9,14-19H2,(H,26,31)(H,27,30). The third-order valence-corrected chi connectivity index (χ3v) is 5.97. The number of hydrogen-bond donors (Lipinski definition) is 2. The summed E-state index contributed by atoms with van der Waals surface area (Å²) >= 11 is 0. The third kappa shape index (κ3) is 6.56. The zero-order valence-electron chi connectivity index (χ0n) is 18.1. The SMILES string of the molecule is O=C(CCCNC(=O)C1CC1)Nc1ccc(N2CCN(Cc3ccccc3)CC2)cc1. The van der Waals surface area contributed by atoms with Gasteiger partial charge in [0.2, 0.25) is 11.8 Å². The molecule has 0 radical (unpaired) electrons. The summed E-state index contributed by atoms with van der Waals surface area (Å²) in [5.41, 5.74) is 3.37. The summed E-state index contributed by atoms with van der Waals surface area (Å²) in [6, 6.07) is 18.7. The van der Waals surface area contributed by atoms with Crippen LogP contribution in [0.25, 0.3) is 0 Å². The molecule has 1 aliphatic heterocycles. The fraction of sp³-hybridized carbons (Fsp3) is 0.440. The van der Waals surface area contributed by atoms with Gasteiger partial charge in [-0.25, -0.2) is 0 Å². The van der Waals surface area contributed by atoms with Crippen LogP contribution in [0.4, 0.5) is 11.4 Å². The van der Waals surface area contributed by atoms with Gasteiger partial charge < -0.3 is 15.5 Å². The van der Waals surface area contributed by atoms with Crippen LogP contribution in [0.3, 0.4) is 0 Å². The highest BCUT2D eigenvalue weighted by molar-refractivity contribution is 5.90. The van der Waals surface area contributed by atoms with Gasteiger partial charge in [0.15, 0.2) is 0 Å². The summed E-state index contributed by atoms with van der Waals surface area (Å²) in [4.78, 5) is 28.6.